The summed E-state index contributed by atoms with van der Waals surface area (Å²) in [7, 11) is 1.94. The lowest BCUT2D eigenvalue weighted by atomic mass is 10.2. The van der Waals surface area contributed by atoms with E-state index in [0.29, 0.717) is 21.3 Å². The first-order valence-electron chi connectivity index (χ1n) is 6.64. The number of halogens is 2. The van der Waals surface area contributed by atoms with Gasteiger partial charge in [0.15, 0.2) is 0 Å². The van der Waals surface area contributed by atoms with Crippen LogP contribution in [0.2, 0.25) is 10.0 Å². The number of imidazole rings is 1. The number of benzene rings is 2. The predicted octanol–water partition coefficient (Wildman–Crippen LogP) is 4.44. The van der Waals surface area contributed by atoms with Crippen LogP contribution in [0.15, 0.2) is 36.4 Å². The van der Waals surface area contributed by atoms with Gasteiger partial charge in [0.1, 0.15) is 5.82 Å². The van der Waals surface area contributed by atoms with E-state index in [0.717, 1.165) is 16.9 Å². The molecule has 112 valence electrons. The zero-order valence-corrected chi connectivity index (χ0v) is 13.5. The summed E-state index contributed by atoms with van der Waals surface area (Å²) >= 11 is 11.9. The molecule has 0 unspecified atom stereocenters. The zero-order chi connectivity index (χ0) is 15.9. The van der Waals surface area contributed by atoms with Gasteiger partial charge in [0.05, 0.1) is 11.0 Å². The molecule has 0 saturated carbocycles. The summed E-state index contributed by atoms with van der Waals surface area (Å²) in [5.41, 5.74) is 2.86. The van der Waals surface area contributed by atoms with Crippen molar-refractivity contribution in [2.24, 2.45) is 7.05 Å². The topological polar surface area (TPSA) is 46.9 Å². The number of nitrogens with one attached hydrogen (secondary N) is 1. The van der Waals surface area contributed by atoms with E-state index in [9.17, 15) is 4.79 Å². The first-order chi connectivity index (χ1) is 10.4. The maximum atomic E-state index is 12.3. The van der Waals surface area contributed by atoms with Crippen LogP contribution in [0.5, 0.6) is 0 Å². The number of hydrogen-bond acceptors (Lipinski definition) is 2. The van der Waals surface area contributed by atoms with E-state index in [1.54, 1.807) is 30.3 Å². The number of anilines is 1. The Balaban J connectivity index is 1.91. The lowest BCUT2D eigenvalue weighted by molar-refractivity contribution is 0.102. The van der Waals surface area contributed by atoms with Crippen molar-refractivity contribution in [3.63, 3.8) is 0 Å². The van der Waals surface area contributed by atoms with E-state index in [2.05, 4.69) is 10.3 Å². The summed E-state index contributed by atoms with van der Waals surface area (Å²) in [6.07, 6.45) is 0. The SMILES string of the molecule is Cc1nc2cc(C(=O)Nc3cc(Cl)cc(Cl)c3)ccc2n1C. The van der Waals surface area contributed by atoms with Crippen LogP contribution in [0.25, 0.3) is 11.0 Å². The number of aromatic nitrogens is 2. The van der Waals surface area contributed by atoms with Crippen LogP contribution in [0, 0.1) is 6.92 Å². The molecule has 0 atom stereocenters. The van der Waals surface area contributed by atoms with Crippen molar-refractivity contribution < 1.29 is 4.79 Å². The van der Waals surface area contributed by atoms with E-state index < -0.39 is 0 Å². The Morgan fingerprint density at radius 3 is 2.50 bits per heavy atom. The highest BCUT2D eigenvalue weighted by Gasteiger charge is 2.11. The smallest absolute Gasteiger partial charge is 0.255 e. The van der Waals surface area contributed by atoms with Gasteiger partial charge in [-0.3, -0.25) is 4.79 Å². The largest absolute Gasteiger partial charge is 0.331 e. The van der Waals surface area contributed by atoms with Gasteiger partial charge < -0.3 is 9.88 Å². The lowest BCUT2D eigenvalue weighted by Gasteiger charge is -2.06. The molecule has 0 radical (unpaired) electrons. The third kappa shape index (κ3) is 2.80. The second kappa shape index (κ2) is 5.63. The number of fused-ring (bicyclic) bond motifs is 1. The number of rotatable bonds is 2. The van der Waals surface area contributed by atoms with Crippen molar-refractivity contribution in [1.82, 2.24) is 9.55 Å². The molecule has 1 amide bonds. The monoisotopic (exact) mass is 333 g/mol. The zero-order valence-electron chi connectivity index (χ0n) is 12.0. The molecule has 0 bridgehead atoms. The Morgan fingerprint density at radius 2 is 1.82 bits per heavy atom. The summed E-state index contributed by atoms with van der Waals surface area (Å²) in [4.78, 5) is 16.8. The van der Waals surface area contributed by atoms with Crippen molar-refractivity contribution >= 4 is 45.8 Å². The third-order valence-electron chi connectivity index (χ3n) is 3.49. The molecule has 3 rings (SSSR count). The van der Waals surface area contributed by atoms with Gasteiger partial charge in [-0.2, -0.15) is 0 Å². The minimum atomic E-state index is -0.233. The Kier molecular flexibility index (Phi) is 3.81. The first-order valence-corrected chi connectivity index (χ1v) is 7.40. The van der Waals surface area contributed by atoms with Crippen LogP contribution >= 0.6 is 23.2 Å². The second-order valence-corrected chi connectivity index (χ2v) is 5.91. The van der Waals surface area contributed by atoms with Crippen molar-refractivity contribution in [2.45, 2.75) is 6.92 Å². The van der Waals surface area contributed by atoms with E-state index in [1.807, 2.05) is 24.6 Å². The highest BCUT2D eigenvalue weighted by atomic mass is 35.5. The molecule has 0 fully saturated rings. The molecule has 0 saturated heterocycles. The number of carbonyl (C=O) groups is 1. The van der Waals surface area contributed by atoms with Gasteiger partial charge in [0.25, 0.3) is 5.91 Å². The average Bonchev–Trinajstić information content (AvgIpc) is 2.72. The van der Waals surface area contributed by atoms with Crippen LogP contribution in [-0.4, -0.2) is 15.5 Å². The van der Waals surface area contributed by atoms with Crippen molar-refractivity contribution in [3.05, 3.63) is 57.8 Å². The van der Waals surface area contributed by atoms with Gasteiger partial charge in [0.2, 0.25) is 0 Å². The van der Waals surface area contributed by atoms with Crippen molar-refractivity contribution in [1.29, 1.82) is 0 Å². The molecule has 4 nitrogen and oxygen atoms in total. The summed E-state index contributed by atoms with van der Waals surface area (Å²) in [6.45, 7) is 1.92. The standard InChI is InChI=1S/C16H13Cl2N3O/c1-9-19-14-5-10(3-4-15(14)21(9)2)16(22)20-13-7-11(17)6-12(18)8-13/h3-8H,1-2H3,(H,20,22). The normalized spacial score (nSPS) is 10.9. The minimum Gasteiger partial charge on any atom is -0.331 e. The fraction of sp³-hybridized carbons (Fsp3) is 0.125. The number of aryl methyl sites for hydroxylation is 2. The fourth-order valence-corrected chi connectivity index (χ4v) is 2.82. The molecular formula is C16H13Cl2N3O. The van der Waals surface area contributed by atoms with Crippen molar-refractivity contribution in [3.8, 4) is 0 Å². The van der Waals surface area contributed by atoms with E-state index in [1.165, 1.54) is 0 Å². The Bertz CT molecular complexity index is 866. The predicted molar refractivity (Wildman–Crippen MR) is 89.9 cm³/mol. The number of amides is 1. The van der Waals surface area contributed by atoms with Gasteiger partial charge in [0, 0.05) is 28.3 Å². The molecule has 1 N–H and O–H groups in total. The summed E-state index contributed by atoms with van der Waals surface area (Å²) < 4.78 is 1.98. The van der Waals surface area contributed by atoms with Crippen LogP contribution in [-0.2, 0) is 7.05 Å². The molecule has 6 heteroatoms. The van der Waals surface area contributed by atoms with E-state index in [4.69, 9.17) is 23.2 Å². The van der Waals surface area contributed by atoms with Crippen LogP contribution in [0.3, 0.4) is 0 Å². The Labute approximate surface area is 137 Å². The van der Waals surface area contributed by atoms with Gasteiger partial charge in [-0.25, -0.2) is 4.98 Å². The van der Waals surface area contributed by atoms with Crippen LogP contribution in [0.4, 0.5) is 5.69 Å². The Morgan fingerprint density at radius 1 is 1.14 bits per heavy atom. The highest BCUT2D eigenvalue weighted by Crippen LogP contribution is 2.23. The molecule has 0 aliphatic heterocycles. The maximum absolute atomic E-state index is 12.3. The number of hydrogen-bond donors (Lipinski definition) is 1. The molecule has 1 aromatic heterocycles. The quantitative estimate of drug-likeness (QED) is 0.753. The summed E-state index contributed by atoms with van der Waals surface area (Å²) in [6, 6.07) is 10.3. The van der Waals surface area contributed by atoms with Crippen LogP contribution < -0.4 is 5.32 Å². The second-order valence-electron chi connectivity index (χ2n) is 5.03. The summed E-state index contributed by atoms with van der Waals surface area (Å²) in [5.74, 6) is 0.665. The Hall–Kier alpha value is -2.04. The lowest BCUT2D eigenvalue weighted by Crippen LogP contribution is -2.11. The van der Waals surface area contributed by atoms with Gasteiger partial charge in [-0.05, 0) is 43.3 Å². The fourth-order valence-electron chi connectivity index (χ4n) is 2.29. The number of nitrogens with zero attached hydrogens (tertiary/aromatic N) is 2. The average molecular weight is 334 g/mol. The summed E-state index contributed by atoms with van der Waals surface area (Å²) in [5, 5.41) is 3.73. The molecule has 0 aliphatic carbocycles. The van der Waals surface area contributed by atoms with Gasteiger partial charge in [-0.15, -0.1) is 0 Å². The molecular weight excluding hydrogens is 321 g/mol. The van der Waals surface area contributed by atoms with Crippen molar-refractivity contribution in [2.75, 3.05) is 5.32 Å². The maximum Gasteiger partial charge on any atom is 0.255 e. The van der Waals surface area contributed by atoms with Crippen LogP contribution in [0.1, 0.15) is 16.2 Å². The first kappa shape index (κ1) is 14.9. The highest BCUT2D eigenvalue weighted by molar-refractivity contribution is 6.35. The third-order valence-corrected chi connectivity index (χ3v) is 3.92. The minimum absolute atomic E-state index is 0.233. The molecule has 22 heavy (non-hydrogen) atoms. The molecule has 3 aromatic rings. The molecule has 0 spiro atoms. The van der Waals surface area contributed by atoms with E-state index >= 15 is 0 Å². The molecule has 2 aromatic carbocycles. The molecule has 0 aliphatic rings. The van der Waals surface area contributed by atoms with E-state index in [-0.39, 0.29) is 5.91 Å². The molecule has 1 heterocycles. The van der Waals surface area contributed by atoms with Gasteiger partial charge >= 0.3 is 0 Å². The number of carbonyl (C=O) groups excluding carboxylic acids is 1. The van der Waals surface area contributed by atoms with Gasteiger partial charge in [-0.1, -0.05) is 23.2 Å².